The molecule has 3 rings (SSSR count). The number of benzene rings is 2. The minimum Gasteiger partial charge on any atom is -0.872 e. The van der Waals surface area contributed by atoms with Gasteiger partial charge in [-0.25, -0.2) is 4.39 Å². The Hall–Kier alpha value is -2.96. The largest absolute Gasteiger partial charge is 0.872 e. The summed E-state index contributed by atoms with van der Waals surface area (Å²) in [6, 6.07) is 9.45. The quantitative estimate of drug-likeness (QED) is 0.494. The first-order valence-corrected chi connectivity index (χ1v) is 10.4. The number of unbranched alkanes of at least 4 members (excludes halogenated alkanes) is 2. The molecule has 3 aromatic rings. The number of halogens is 1. The van der Waals surface area contributed by atoms with E-state index < -0.39 is 0 Å². The molecule has 1 N–H and O–H groups in total. The van der Waals surface area contributed by atoms with Crippen LogP contribution in [0.5, 0.6) is 11.5 Å². The van der Waals surface area contributed by atoms with Crippen LogP contribution >= 0.6 is 0 Å². The lowest BCUT2D eigenvalue weighted by atomic mass is 9.86. The summed E-state index contributed by atoms with van der Waals surface area (Å²) in [6.45, 7) is 6.78. The van der Waals surface area contributed by atoms with Gasteiger partial charge in [-0.3, -0.25) is 0 Å². The van der Waals surface area contributed by atoms with Crippen LogP contribution in [0.2, 0.25) is 0 Å². The third-order valence-corrected chi connectivity index (χ3v) is 5.33. The van der Waals surface area contributed by atoms with E-state index in [4.69, 9.17) is 4.74 Å². The van der Waals surface area contributed by atoms with Crippen molar-refractivity contribution >= 4 is 0 Å². The number of nitrogens with one attached hydrogen (secondary N) is 1. The molecule has 1 aromatic heterocycles. The molecule has 0 aliphatic heterocycles. The Bertz CT molecular complexity index is 958. The van der Waals surface area contributed by atoms with Crippen molar-refractivity contribution < 1.29 is 14.2 Å². The van der Waals surface area contributed by atoms with Crippen molar-refractivity contribution in [3.63, 3.8) is 0 Å². The lowest BCUT2D eigenvalue weighted by Crippen LogP contribution is -2.19. The van der Waals surface area contributed by atoms with Crippen LogP contribution in [0.1, 0.15) is 57.8 Å². The van der Waals surface area contributed by atoms with Crippen LogP contribution in [0.15, 0.2) is 36.4 Å². The number of hydrogen-bond acceptors (Lipinski definition) is 5. The molecule has 0 fully saturated rings. The fourth-order valence-corrected chi connectivity index (χ4v) is 3.49. The first kappa shape index (κ1) is 21.7. The maximum atomic E-state index is 13.5. The van der Waals surface area contributed by atoms with E-state index in [9.17, 15) is 9.50 Å². The molecule has 30 heavy (non-hydrogen) atoms. The third-order valence-electron chi connectivity index (χ3n) is 5.33. The first-order chi connectivity index (χ1) is 14.4. The number of hydrogen-bond donors (Lipinski definition) is 1. The van der Waals surface area contributed by atoms with E-state index in [1.165, 1.54) is 18.2 Å². The van der Waals surface area contributed by atoms with Gasteiger partial charge in [-0.05, 0) is 60.2 Å². The highest BCUT2D eigenvalue weighted by atomic mass is 19.1. The number of tetrazole rings is 1. The minimum absolute atomic E-state index is 0.118. The van der Waals surface area contributed by atoms with Crippen LogP contribution in [0.25, 0.3) is 11.1 Å². The van der Waals surface area contributed by atoms with E-state index in [1.54, 1.807) is 12.1 Å². The van der Waals surface area contributed by atoms with E-state index in [2.05, 4.69) is 34.5 Å². The summed E-state index contributed by atoms with van der Waals surface area (Å²) < 4.78 is 19.4. The molecule has 0 amide bonds. The molecule has 0 unspecified atom stereocenters. The summed E-state index contributed by atoms with van der Waals surface area (Å²) in [7, 11) is 0. The third kappa shape index (κ3) is 5.34. The molecule has 0 spiro atoms. The molecule has 7 heteroatoms. The van der Waals surface area contributed by atoms with Gasteiger partial charge in [-0.1, -0.05) is 56.7 Å². The van der Waals surface area contributed by atoms with Crippen LogP contribution in [-0.2, 0) is 11.8 Å². The predicted octanol–water partition coefficient (Wildman–Crippen LogP) is 4.56. The molecule has 160 valence electrons. The number of aromatic amines is 1. The Morgan fingerprint density at radius 2 is 1.97 bits per heavy atom. The number of ether oxygens (including phenoxy) is 1. The molecule has 0 aliphatic carbocycles. The van der Waals surface area contributed by atoms with Crippen molar-refractivity contribution in [2.75, 3.05) is 6.61 Å². The van der Waals surface area contributed by atoms with E-state index in [1.807, 2.05) is 13.0 Å². The zero-order chi connectivity index (χ0) is 21.6. The van der Waals surface area contributed by atoms with Crippen LogP contribution in [0.3, 0.4) is 0 Å². The molecule has 2 aromatic carbocycles. The molecule has 1 heterocycles. The van der Waals surface area contributed by atoms with Gasteiger partial charge in [0.05, 0.1) is 6.61 Å². The molecule has 0 aliphatic rings. The van der Waals surface area contributed by atoms with Gasteiger partial charge < -0.3 is 9.84 Å². The molecular formula is C23H28FN4O2-. The fourth-order valence-electron chi connectivity index (χ4n) is 3.49. The monoisotopic (exact) mass is 411 g/mol. The summed E-state index contributed by atoms with van der Waals surface area (Å²) in [4.78, 5) is 0. The first-order valence-electron chi connectivity index (χ1n) is 10.4. The average Bonchev–Trinajstić information content (AvgIpc) is 3.26. The van der Waals surface area contributed by atoms with Crippen molar-refractivity contribution in [2.24, 2.45) is 0 Å². The second kappa shape index (κ2) is 9.69. The van der Waals surface area contributed by atoms with E-state index >= 15 is 0 Å². The van der Waals surface area contributed by atoms with E-state index in [0.717, 1.165) is 43.5 Å². The molecule has 0 radical (unpaired) electrons. The highest BCUT2D eigenvalue weighted by Crippen LogP contribution is 2.34. The smallest absolute Gasteiger partial charge is 0.180 e. The second-order valence-electron chi connectivity index (χ2n) is 8.10. The highest BCUT2D eigenvalue weighted by molar-refractivity contribution is 5.72. The fraction of sp³-hybridized carbons (Fsp3) is 0.435. The van der Waals surface area contributed by atoms with E-state index in [0.29, 0.717) is 23.5 Å². The molecule has 0 bridgehead atoms. The normalized spacial score (nSPS) is 11.6. The second-order valence-corrected chi connectivity index (χ2v) is 8.10. The zero-order valence-corrected chi connectivity index (χ0v) is 17.7. The van der Waals surface area contributed by atoms with Crippen molar-refractivity contribution in [3.8, 4) is 22.6 Å². The van der Waals surface area contributed by atoms with Gasteiger partial charge in [0.1, 0.15) is 11.6 Å². The molecular weight excluding hydrogens is 383 g/mol. The van der Waals surface area contributed by atoms with Gasteiger partial charge in [0.25, 0.3) is 0 Å². The maximum absolute atomic E-state index is 13.5. The average molecular weight is 412 g/mol. The number of rotatable bonds is 10. The lowest BCUT2D eigenvalue weighted by Gasteiger charge is -2.20. The van der Waals surface area contributed by atoms with Gasteiger partial charge in [0.2, 0.25) is 0 Å². The van der Waals surface area contributed by atoms with Gasteiger partial charge in [0, 0.05) is 5.41 Å². The van der Waals surface area contributed by atoms with Crippen molar-refractivity contribution in [3.05, 3.63) is 53.6 Å². The molecule has 6 nitrogen and oxygen atoms in total. The Morgan fingerprint density at radius 1 is 1.13 bits per heavy atom. The number of nitrogens with zero attached hydrogens (tertiary/aromatic N) is 3. The molecule has 0 atom stereocenters. The number of H-pyrrole nitrogens is 1. The lowest BCUT2D eigenvalue weighted by molar-refractivity contribution is -0.267. The van der Waals surface area contributed by atoms with Gasteiger partial charge in [0.15, 0.2) is 5.82 Å². The highest BCUT2D eigenvalue weighted by Gasteiger charge is 2.24. The van der Waals surface area contributed by atoms with Crippen molar-refractivity contribution in [2.45, 2.75) is 58.3 Å². The maximum Gasteiger partial charge on any atom is 0.180 e. The van der Waals surface area contributed by atoms with Crippen LogP contribution in [0.4, 0.5) is 4.39 Å². The Labute approximate surface area is 176 Å². The Kier molecular flexibility index (Phi) is 7.03. The van der Waals surface area contributed by atoms with Gasteiger partial charge in [-0.2, -0.15) is 5.21 Å². The Balaban J connectivity index is 1.53. The summed E-state index contributed by atoms with van der Waals surface area (Å²) >= 11 is 0. The standard InChI is InChI=1S/C23H29FN4O2/c1-4-16-14-19(17-9-8-10-18(24)13-17)20(29)15-21(16)30-12-7-5-6-11-23(2,3)22-25-27-28-26-22/h8-10,13-15,29H,4-7,11-12H2,1-3H3,(H,25,26,27,28)/p-1. The van der Waals surface area contributed by atoms with E-state index in [-0.39, 0.29) is 17.0 Å². The number of aryl methyl sites for hydroxylation is 1. The van der Waals surface area contributed by atoms with Crippen LogP contribution < -0.4 is 9.84 Å². The predicted molar refractivity (Wildman–Crippen MR) is 112 cm³/mol. The van der Waals surface area contributed by atoms with Crippen molar-refractivity contribution in [1.82, 2.24) is 20.6 Å². The summed E-state index contributed by atoms with van der Waals surface area (Å²) in [5, 5.41) is 26.9. The topological polar surface area (TPSA) is 86.8 Å². The zero-order valence-electron chi connectivity index (χ0n) is 17.7. The summed E-state index contributed by atoms with van der Waals surface area (Å²) in [5.41, 5.74) is 1.92. The summed E-state index contributed by atoms with van der Waals surface area (Å²) in [6.07, 6.45) is 4.62. The molecule has 0 saturated heterocycles. The van der Waals surface area contributed by atoms with Gasteiger partial charge >= 0.3 is 0 Å². The van der Waals surface area contributed by atoms with Crippen molar-refractivity contribution in [1.29, 1.82) is 0 Å². The summed E-state index contributed by atoms with van der Waals surface area (Å²) in [5.74, 6) is 0.838. The van der Waals surface area contributed by atoms with Crippen LogP contribution in [-0.4, -0.2) is 27.2 Å². The molecule has 0 saturated carbocycles. The Morgan fingerprint density at radius 3 is 2.67 bits per heavy atom. The number of aromatic nitrogens is 4. The minimum atomic E-state index is -0.354. The van der Waals surface area contributed by atoms with Gasteiger partial charge in [-0.15, -0.1) is 10.2 Å². The van der Waals surface area contributed by atoms with Crippen LogP contribution in [0, 0.1) is 5.82 Å². The SMILES string of the molecule is CCc1cc(-c2cccc(F)c2)c([O-])cc1OCCCCCC(C)(C)c1nn[nH]n1.